The summed E-state index contributed by atoms with van der Waals surface area (Å²) in [6, 6.07) is 12.0. The van der Waals surface area contributed by atoms with E-state index >= 15 is 0 Å². The summed E-state index contributed by atoms with van der Waals surface area (Å²) in [6.45, 7) is 3.33. The van der Waals surface area contributed by atoms with E-state index in [0.717, 1.165) is 48.4 Å². The SMILES string of the molecule is CN(Cc1ccsc1)C(=O)C1CCN(Cc2ccc(Sc3ccccn3)o2)CC1. The van der Waals surface area contributed by atoms with Crippen LogP contribution in [0.5, 0.6) is 0 Å². The fourth-order valence-electron chi connectivity index (χ4n) is 3.61. The quantitative estimate of drug-likeness (QED) is 0.544. The van der Waals surface area contributed by atoms with Gasteiger partial charge in [0.25, 0.3) is 0 Å². The van der Waals surface area contributed by atoms with Crippen molar-refractivity contribution in [3.05, 3.63) is 64.7 Å². The topological polar surface area (TPSA) is 49.6 Å². The average Bonchev–Trinajstić information content (AvgIpc) is 3.41. The van der Waals surface area contributed by atoms with Crippen LogP contribution < -0.4 is 0 Å². The number of likely N-dealkylation sites (tertiary alicyclic amines) is 1. The summed E-state index contributed by atoms with van der Waals surface area (Å²) in [7, 11) is 1.91. The molecule has 7 heteroatoms. The van der Waals surface area contributed by atoms with Gasteiger partial charge in [-0.1, -0.05) is 6.07 Å². The van der Waals surface area contributed by atoms with Gasteiger partial charge in [-0.15, -0.1) is 0 Å². The van der Waals surface area contributed by atoms with Gasteiger partial charge >= 0.3 is 0 Å². The van der Waals surface area contributed by atoms with Crippen molar-refractivity contribution in [3.63, 3.8) is 0 Å². The highest BCUT2D eigenvalue weighted by atomic mass is 32.2. The molecule has 4 heterocycles. The van der Waals surface area contributed by atoms with Crippen LogP contribution in [0.25, 0.3) is 0 Å². The number of rotatable bonds is 7. The summed E-state index contributed by atoms with van der Waals surface area (Å²) in [5, 5.41) is 5.95. The Morgan fingerprint density at radius 1 is 1.28 bits per heavy atom. The monoisotopic (exact) mass is 427 g/mol. The van der Waals surface area contributed by atoms with E-state index in [1.165, 1.54) is 17.3 Å². The molecule has 1 fully saturated rings. The Balaban J connectivity index is 1.24. The average molecular weight is 428 g/mol. The van der Waals surface area contributed by atoms with Crippen molar-refractivity contribution in [2.45, 2.75) is 36.0 Å². The molecule has 3 aromatic rings. The van der Waals surface area contributed by atoms with Gasteiger partial charge in [0.2, 0.25) is 5.91 Å². The van der Waals surface area contributed by atoms with Crippen molar-refractivity contribution in [2.24, 2.45) is 5.92 Å². The Kier molecular flexibility index (Phi) is 6.69. The molecule has 0 N–H and O–H groups in total. The van der Waals surface area contributed by atoms with Gasteiger partial charge in [0, 0.05) is 25.7 Å². The fourth-order valence-corrected chi connectivity index (χ4v) is 5.02. The molecule has 1 aliphatic rings. The molecule has 3 aromatic heterocycles. The lowest BCUT2D eigenvalue weighted by molar-refractivity contribution is -0.136. The van der Waals surface area contributed by atoms with Crippen LogP contribution in [0.4, 0.5) is 0 Å². The number of amides is 1. The largest absolute Gasteiger partial charge is 0.453 e. The normalized spacial score (nSPS) is 15.5. The predicted octanol–water partition coefficient (Wildman–Crippen LogP) is 4.76. The van der Waals surface area contributed by atoms with Gasteiger partial charge in [-0.25, -0.2) is 4.98 Å². The van der Waals surface area contributed by atoms with Gasteiger partial charge in [-0.2, -0.15) is 11.3 Å². The smallest absolute Gasteiger partial charge is 0.225 e. The highest BCUT2D eigenvalue weighted by Crippen LogP contribution is 2.28. The van der Waals surface area contributed by atoms with E-state index in [9.17, 15) is 4.79 Å². The first-order valence-electron chi connectivity index (χ1n) is 9.83. The molecule has 5 nitrogen and oxygen atoms in total. The molecular formula is C22H25N3O2S2. The summed E-state index contributed by atoms with van der Waals surface area (Å²) >= 11 is 3.21. The second kappa shape index (κ2) is 9.61. The molecule has 1 aliphatic heterocycles. The van der Waals surface area contributed by atoms with Gasteiger partial charge < -0.3 is 9.32 Å². The second-order valence-corrected chi connectivity index (χ2v) is 9.17. The molecule has 4 rings (SSSR count). The van der Waals surface area contributed by atoms with Gasteiger partial charge in [-0.3, -0.25) is 9.69 Å². The van der Waals surface area contributed by atoms with E-state index in [1.807, 2.05) is 42.3 Å². The Morgan fingerprint density at radius 2 is 2.14 bits per heavy atom. The molecule has 1 saturated heterocycles. The zero-order chi connectivity index (χ0) is 20.1. The molecular weight excluding hydrogens is 402 g/mol. The van der Waals surface area contributed by atoms with Gasteiger partial charge in [-0.05, 0) is 84.3 Å². The summed E-state index contributed by atoms with van der Waals surface area (Å²) in [5.74, 6) is 1.35. The Hall–Kier alpha value is -2.09. The van der Waals surface area contributed by atoms with Crippen LogP contribution >= 0.6 is 23.1 Å². The standard InChI is InChI=1S/C22H25N3O2S2/c1-24(14-17-9-13-28-16-17)22(26)18-7-11-25(12-8-18)15-19-5-6-21(27-19)29-20-4-2-3-10-23-20/h2-6,9-10,13,16,18H,7-8,11-12,14-15H2,1H3. The van der Waals surface area contributed by atoms with Crippen LogP contribution in [0, 0.1) is 5.92 Å². The number of pyridine rings is 1. The van der Waals surface area contributed by atoms with E-state index in [0.29, 0.717) is 6.54 Å². The van der Waals surface area contributed by atoms with E-state index in [4.69, 9.17) is 4.42 Å². The Morgan fingerprint density at radius 3 is 2.86 bits per heavy atom. The van der Waals surface area contributed by atoms with E-state index in [2.05, 4.69) is 26.7 Å². The van der Waals surface area contributed by atoms with Gasteiger partial charge in [0.05, 0.1) is 6.54 Å². The zero-order valence-electron chi connectivity index (χ0n) is 16.5. The molecule has 0 saturated carbocycles. The molecule has 0 unspecified atom stereocenters. The second-order valence-electron chi connectivity index (χ2n) is 7.37. The molecule has 152 valence electrons. The summed E-state index contributed by atoms with van der Waals surface area (Å²) in [5.41, 5.74) is 1.21. The molecule has 0 aliphatic carbocycles. The lowest BCUT2D eigenvalue weighted by Crippen LogP contribution is -2.40. The third-order valence-corrected chi connectivity index (χ3v) is 6.78. The number of hydrogen-bond donors (Lipinski definition) is 0. The molecule has 0 aromatic carbocycles. The molecule has 0 radical (unpaired) electrons. The maximum Gasteiger partial charge on any atom is 0.225 e. The van der Waals surface area contributed by atoms with E-state index in [1.54, 1.807) is 17.5 Å². The lowest BCUT2D eigenvalue weighted by atomic mass is 9.95. The highest BCUT2D eigenvalue weighted by molar-refractivity contribution is 7.99. The zero-order valence-corrected chi connectivity index (χ0v) is 18.1. The number of aromatic nitrogens is 1. The van der Waals surface area contributed by atoms with Crippen molar-refractivity contribution in [1.29, 1.82) is 0 Å². The van der Waals surface area contributed by atoms with Crippen LogP contribution in [-0.4, -0.2) is 40.8 Å². The number of thiophene rings is 1. The minimum absolute atomic E-state index is 0.127. The van der Waals surface area contributed by atoms with Crippen LogP contribution in [-0.2, 0) is 17.9 Å². The molecule has 0 spiro atoms. The number of carbonyl (C=O) groups is 1. The summed E-state index contributed by atoms with van der Waals surface area (Å²) in [4.78, 5) is 21.3. The minimum atomic E-state index is 0.127. The maximum atomic E-state index is 12.7. The van der Waals surface area contributed by atoms with E-state index in [-0.39, 0.29) is 11.8 Å². The van der Waals surface area contributed by atoms with Crippen LogP contribution in [0.3, 0.4) is 0 Å². The molecule has 0 atom stereocenters. The highest BCUT2D eigenvalue weighted by Gasteiger charge is 2.27. The minimum Gasteiger partial charge on any atom is -0.453 e. The van der Waals surface area contributed by atoms with Crippen molar-refractivity contribution in [1.82, 2.24) is 14.8 Å². The maximum absolute atomic E-state index is 12.7. The van der Waals surface area contributed by atoms with Crippen LogP contribution in [0.1, 0.15) is 24.2 Å². The number of piperidine rings is 1. The number of nitrogens with zero attached hydrogens (tertiary/aromatic N) is 3. The van der Waals surface area contributed by atoms with Gasteiger partial charge in [0.15, 0.2) is 5.09 Å². The third kappa shape index (κ3) is 5.50. The molecule has 0 bridgehead atoms. The van der Waals surface area contributed by atoms with Crippen molar-refractivity contribution >= 4 is 29.0 Å². The lowest BCUT2D eigenvalue weighted by Gasteiger charge is -2.32. The predicted molar refractivity (Wildman–Crippen MR) is 116 cm³/mol. The van der Waals surface area contributed by atoms with Crippen molar-refractivity contribution in [3.8, 4) is 0 Å². The summed E-state index contributed by atoms with van der Waals surface area (Å²) < 4.78 is 5.97. The Labute approximate surface area is 179 Å². The van der Waals surface area contributed by atoms with Gasteiger partial charge in [0.1, 0.15) is 10.8 Å². The summed E-state index contributed by atoms with van der Waals surface area (Å²) in [6.07, 6.45) is 3.60. The third-order valence-electron chi connectivity index (χ3n) is 5.17. The molecule has 1 amide bonds. The van der Waals surface area contributed by atoms with Crippen LogP contribution in [0.15, 0.2) is 67.9 Å². The van der Waals surface area contributed by atoms with E-state index < -0.39 is 0 Å². The van der Waals surface area contributed by atoms with Crippen molar-refractivity contribution < 1.29 is 9.21 Å². The first-order chi connectivity index (χ1) is 14.2. The Bertz CT molecular complexity index is 903. The number of hydrogen-bond acceptors (Lipinski definition) is 6. The van der Waals surface area contributed by atoms with Crippen LogP contribution in [0.2, 0.25) is 0 Å². The van der Waals surface area contributed by atoms with Crippen molar-refractivity contribution in [2.75, 3.05) is 20.1 Å². The number of furan rings is 1. The first kappa shape index (κ1) is 20.2. The number of carbonyl (C=O) groups excluding carboxylic acids is 1. The fraction of sp³-hybridized carbons (Fsp3) is 0.364. The first-order valence-corrected chi connectivity index (χ1v) is 11.6. The molecule has 29 heavy (non-hydrogen) atoms.